The van der Waals surface area contributed by atoms with Crippen molar-refractivity contribution in [2.75, 3.05) is 27.1 Å². The molecule has 0 fully saturated rings. The summed E-state index contributed by atoms with van der Waals surface area (Å²) in [6, 6.07) is 10.0. The first-order chi connectivity index (χ1) is 15.1. The van der Waals surface area contributed by atoms with E-state index in [-0.39, 0.29) is 24.4 Å². The van der Waals surface area contributed by atoms with Crippen molar-refractivity contribution in [1.82, 2.24) is 9.78 Å². The van der Waals surface area contributed by atoms with Gasteiger partial charge in [0, 0.05) is 19.7 Å². The van der Waals surface area contributed by atoms with E-state index in [1.807, 2.05) is 38.1 Å². The highest BCUT2D eigenvalue weighted by Crippen LogP contribution is 2.31. The van der Waals surface area contributed by atoms with Crippen LogP contribution in [0.25, 0.3) is 11.3 Å². The van der Waals surface area contributed by atoms with Crippen molar-refractivity contribution in [3.63, 3.8) is 0 Å². The summed E-state index contributed by atoms with van der Waals surface area (Å²) in [5.41, 5.74) is 4.45. The molecule has 2 rings (SSSR count). The molecule has 0 aliphatic carbocycles. The fourth-order valence-electron chi connectivity index (χ4n) is 3.11. The van der Waals surface area contributed by atoms with Crippen molar-refractivity contribution in [1.29, 1.82) is 5.26 Å². The average molecular weight is 442 g/mol. The number of hydrogen-bond donors (Lipinski definition) is 0. The summed E-state index contributed by atoms with van der Waals surface area (Å²) < 4.78 is 22.2. The molecule has 0 bridgehead atoms. The molecule has 0 unspecified atom stereocenters. The van der Waals surface area contributed by atoms with Crippen LogP contribution in [0.2, 0.25) is 0 Å². The number of methoxy groups -OCH3 is 1. The molecule has 0 atom stereocenters. The number of hydrogen-bond acceptors (Lipinski definition) is 7. The molecular formula is C24H31N3O5. The summed E-state index contributed by atoms with van der Waals surface area (Å²) in [5, 5.41) is 14.4. The molecule has 2 aromatic rings. The number of benzene rings is 1. The Labute approximate surface area is 189 Å². The largest absolute Gasteiger partial charge is 0.511 e. The highest BCUT2D eigenvalue weighted by molar-refractivity contribution is 5.94. The van der Waals surface area contributed by atoms with Gasteiger partial charge in [0.2, 0.25) is 6.79 Å². The molecular weight excluding hydrogens is 410 g/mol. The van der Waals surface area contributed by atoms with Gasteiger partial charge in [0.1, 0.15) is 23.9 Å². The van der Waals surface area contributed by atoms with Crippen LogP contribution >= 0.6 is 0 Å². The van der Waals surface area contributed by atoms with Gasteiger partial charge < -0.3 is 18.9 Å². The lowest BCUT2D eigenvalue weighted by atomic mass is 9.86. The van der Waals surface area contributed by atoms with Gasteiger partial charge >= 0.3 is 6.16 Å². The fraction of sp³-hybridized carbons (Fsp3) is 0.458. The van der Waals surface area contributed by atoms with Crippen molar-refractivity contribution < 1.29 is 23.7 Å². The second-order valence-electron chi connectivity index (χ2n) is 8.32. The van der Waals surface area contributed by atoms with E-state index in [4.69, 9.17) is 18.9 Å². The predicted octanol–water partition coefficient (Wildman–Crippen LogP) is 4.50. The van der Waals surface area contributed by atoms with E-state index in [0.29, 0.717) is 16.8 Å². The SMILES string of the molecule is COCCOC(=O)OCO/C(=C(/C#N)c1ccc(C(C)(C)C)cc1)c1c(C)c(C)nn1C. The van der Waals surface area contributed by atoms with Crippen LogP contribution < -0.4 is 0 Å². The lowest BCUT2D eigenvalue weighted by Gasteiger charge is -2.19. The minimum absolute atomic E-state index is 0.0128. The van der Waals surface area contributed by atoms with Crippen LogP contribution in [0.5, 0.6) is 0 Å². The molecule has 0 saturated carbocycles. The molecule has 0 spiro atoms. The summed E-state index contributed by atoms with van der Waals surface area (Å²) in [4.78, 5) is 11.7. The Kier molecular flexibility index (Phi) is 8.44. The Balaban J connectivity index is 2.41. The summed E-state index contributed by atoms with van der Waals surface area (Å²) in [5.74, 6) is 0.279. The van der Waals surface area contributed by atoms with Gasteiger partial charge in [-0.25, -0.2) is 4.79 Å². The molecule has 0 amide bonds. The molecule has 32 heavy (non-hydrogen) atoms. The van der Waals surface area contributed by atoms with Crippen LogP contribution in [-0.4, -0.2) is 43.1 Å². The number of nitrogens with zero attached hydrogens (tertiary/aromatic N) is 3. The van der Waals surface area contributed by atoms with E-state index in [2.05, 4.69) is 31.9 Å². The van der Waals surface area contributed by atoms with Crippen LogP contribution in [0, 0.1) is 25.2 Å². The zero-order valence-electron chi connectivity index (χ0n) is 19.8. The van der Waals surface area contributed by atoms with Gasteiger partial charge in [-0.1, -0.05) is 45.0 Å². The maximum absolute atomic E-state index is 11.7. The summed E-state index contributed by atoms with van der Waals surface area (Å²) in [6.45, 7) is 10.1. The van der Waals surface area contributed by atoms with E-state index < -0.39 is 12.9 Å². The molecule has 0 aliphatic rings. The Morgan fingerprint density at radius 1 is 1.09 bits per heavy atom. The van der Waals surface area contributed by atoms with Gasteiger partial charge in [0.25, 0.3) is 0 Å². The molecule has 1 aromatic heterocycles. The van der Waals surface area contributed by atoms with Crippen LogP contribution in [0.4, 0.5) is 4.79 Å². The summed E-state index contributed by atoms with van der Waals surface area (Å²) in [7, 11) is 3.28. The number of allylic oxidation sites excluding steroid dienone is 1. The van der Waals surface area contributed by atoms with Gasteiger partial charge in [-0.05, 0) is 30.4 Å². The van der Waals surface area contributed by atoms with Gasteiger partial charge in [0.15, 0.2) is 5.76 Å². The number of nitriles is 1. The molecule has 8 nitrogen and oxygen atoms in total. The standard InChI is InChI=1S/C24H31N3O5/c1-16-17(2)26-27(6)21(16)22(31-15-32-23(28)30-13-12-29-7)20(14-25)18-8-10-19(11-9-18)24(3,4)5/h8-11H,12-13,15H2,1-7H3/b22-20-. The van der Waals surface area contributed by atoms with Crippen molar-refractivity contribution in [3.05, 3.63) is 52.3 Å². The molecule has 8 heteroatoms. The molecule has 0 aliphatic heterocycles. The first-order valence-corrected chi connectivity index (χ1v) is 10.3. The van der Waals surface area contributed by atoms with Gasteiger partial charge in [0.05, 0.1) is 12.3 Å². The molecule has 1 aromatic carbocycles. The molecule has 172 valence electrons. The zero-order chi connectivity index (χ0) is 23.9. The van der Waals surface area contributed by atoms with E-state index in [0.717, 1.165) is 16.8 Å². The lowest BCUT2D eigenvalue weighted by molar-refractivity contribution is -0.0130. The molecule has 0 radical (unpaired) electrons. The number of carbonyl (C=O) groups is 1. The normalized spacial score (nSPS) is 12.1. The Hall–Kier alpha value is -3.31. The Morgan fingerprint density at radius 2 is 1.75 bits per heavy atom. The highest BCUT2D eigenvalue weighted by atomic mass is 16.8. The highest BCUT2D eigenvalue weighted by Gasteiger charge is 2.22. The minimum atomic E-state index is -0.882. The second-order valence-corrected chi connectivity index (χ2v) is 8.32. The van der Waals surface area contributed by atoms with Crippen LogP contribution in [0.3, 0.4) is 0 Å². The van der Waals surface area contributed by atoms with Gasteiger partial charge in [-0.15, -0.1) is 0 Å². The van der Waals surface area contributed by atoms with E-state index >= 15 is 0 Å². The van der Waals surface area contributed by atoms with Crippen LogP contribution in [-0.2, 0) is 31.4 Å². The van der Waals surface area contributed by atoms with Crippen molar-refractivity contribution in [2.24, 2.45) is 7.05 Å². The minimum Gasteiger partial charge on any atom is -0.454 e. The van der Waals surface area contributed by atoms with Crippen LogP contribution in [0.15, 0.2) is 24.3 Å². The van der Waals surface area contributed by atoms with E-state index in [9.17, 15) is 10.1 Å². The van der Waals surface area contributed by atoms with Crippen molar-refractivity contribution in [3.8, 4) is 6.07 Å². The quantitative estimate of drug-likeness (QED) is 0.196. The maximum Gasteiger partial charge on any atom is 0.511 e. The number of carbonyl (C=O) groups excluding carboxylic acids is 1. The number of ether oxygens (including phenoxy) is 4. The summed E-state index contributed by atoms with van der Waals surface area (Å²) >= 11 is 0. The fourth-order valence-corrected chi connectivity index (χ4v) is 3.11. The molecule has 1 heterocycles. The number of aryl methyl sites for hydroxylation is 2. The van der Waals surface area contributed by atoms with E-state index in [1.54, 1.807) is 11.7 Å². The van der Waals surface area contributed by atoms with Gasteiger partial charge in [-0.3, -0.25) is 4.68 Å². The maximum atomic E-state index is 11.7. The van der Waals surface area contributed by atoms with Crippen LogP contribution in [0.1, 0.15) is 48.8 Å². The third-order valence-electron chi connectivity index (χ3n) is 5.00. The smallest absolute Gasteiger partial charge is 0.454 e. The average Bonchev–Trinajstić information content (AvgIpc) is 2.98. The first-order valence-electron chi connectivity index (χ1n) is 10.3. The summed E-state index contributed by atoms with van der Waals surface area (Å²) in [6.07, 6.45) is -0.882. The van der Waals surface area contributed by atoms with Crippen molar-refractivity contribution in [2.45, 2.75) is 40.0 Å². The Bertz CT molecular complexity index is 1010. The van der Waals surface area contributed by atoms with Crippen molar-refractivity contribution >= 4 is 17.5 Å². The lowest BCUT2D eigenvalue weighted by Crippen LogP contribution is -2.14. The Morgan fingerprint density at radius 3 is 2.25 bits per heavy atom. The first kappa shape index (κ1) is 25.0. The second kappa shape index (κ2) is 10.8. The topological polar surface area (TPSA) is 95.6 Å². The molecule has 0 saturated heterocycles. The van der Waals surface area contributed by atoms with Gasteiger partial charge in [-0.2, -0.15) is 10.4 Å². The molecule has 0 N–H and O–H groups in total. The zero-order valence-corrected chi connectivity index (χ0v) is 19.8. The monoisotopic (exact) mass is 441 g/mol. The third kappa shape index (κ3) is 6.11. The number of rotatable bonds is 8. The number of aromatic nitrogens is 2. The predicted molar refractivity (Wildman–Crippen MR) is 121 cm³/mol. The van der Waals surface area contributed by atoms with E-state index in [1.165, 1.54) is 7.11 Å². The third-order valence-corrected chi connectivity index (χ3v) is 5.00.